The molecule has 0 N–H and O–H groups in total. The number of aromatic nitrogens is 2. The van der Waals surface area contributed by atoms with E-state index < -0.39 is 0 Å². The highest BCUT2D eigenvalue weighted by molar-refractivity contribution is 5.78. The molecule has 2 heterocycles. The van der Waals surface area contributed by atoms with Crippen molar-refractivity contribution < 1.29 is 9.53 Å². The summed E-state index contributed by atoms with van der Waals surface area (Å²) in [5, 5.41) is 0. The molecule has 102 valence electrons. The van der Waals surface area contributed by atoms with Crippen molar-refractivity contribution in [1.29, 1.82) is 0 Å². The van der Waals surface area contributed by atoms with Gasteiger partial charge in [-0.3, -0.25) is 9.20 Å². The summed E-state index contributed by atoms with van der Waals surface area (Å²) in [6.07, 6.45) is 8.54. The minimum Gasteiger partial charge on any atom is -0.476 e. The van der Waals surface area contributed by atoms with Crippen LogP contribution in [0.15, 0.2) is 24.4 Å². The average molecular weight is 260 g/mol. The van der Waals surface area contributed by atoms with Gasteiger partial charge in [-0.1, -0.05) is 38.7 Å². The summed E-state index contributed by atoms with van der Waals surface area (Å²) >= 11 is 0. The first kappa shape index (κ1) is 13.6. The van der Waals surface area contributed by atoms with Crippen molar-refractivity contribution in [2.24, 2.45) is 0 Å². The monoisotopic (exact) mass is 260 g/mol. The van der Waals surface area contributed by atoms with Gasteiger partial charge in [-0.2, -0.15) is 4.98 Å². The van der Waals surface area contributed by atoms with Crippen LogP contribution >= 0.6 is 0 Å². The largest absolute Gasteiger partial charge is 0.476 e. The zero-order valence-corrected chi connectivity index (χ0v) is 11.3. The van der Waals surface area contributed by atoms with E-state index in [-0.39, 0.29) is 0 Å². The van der Waals surface area contributed by atoms with E-state index in [4.69, 9.17) is 4.74 Å². The fraction of sp³-hybridized carbons (Fsp3) is 0.467. The smallest absolute Gasteiger partial charge is 0.243 e. The summed E-state index contributed by atoms with van der Waals surface area (Å²) in [5.74, 6) is 0.441. The second kappa shape index (κ2) is 6.92. The Hall–Kier alpha value is -1.84. The molecule has 0 aliphatic carbocycles. The number of carbonyl (C=O) groups is 1. The molecule has 0 unspecified atom stereocenters. The Morgan fingerprint density at radius 1 is 1.26 bits per heavy atom. The minimum atomic E-state index is 0.441. The summed E-state index contributed by atoms with van der Waals surface area (Å²) in [4.78, 5) is 15.5. The first-order valence-electron chi connectivity index (χ1n) is 6.92. The lowest BCUT2D eigenvalue weighted by atomic mass is 10.2. The molecule has 0 amide bonds. The van der Waals surface area contributed by atoms with Gasteiger partial charge >= 0.3 is 0 Å². The van der Waals surface area contributed by atoms with Gasteiger partial charge in [-0.05, 0) is 18.6 Å². The second-order valence-corrected chi connectivity index (χ2v) is 4.61. The first-order valence-corrected chi connectivity index (χ1v) is 6.92. The normalized spacial score (nSPS) is 10.8. The molecule has 2 rings (SSSR count). The summed E-state index contributed by atoms with van der Waals surface area (Å²) in [5.41, 5.74) is 1.23. The van der Waals surface area contributed by atoms with Crippen molar-refractivity contribution in [3.63, 3.8) is 0 Å². The van der Waals surface area contributed by atoms with Crippen molar-refractivity contribution in [2.75, 3.05) is 6.61 Å². The highest BCUT2D eigenvalue weighted by Gasteiger charge is 2.11. The number of hydrogen-bond donors (Lipinski definition) is 0. The molecule has 0 bridgehead atoms. The van der Waals surface area contributed by atoms with E-state index >= 15 is 0 Å². The first-order chi connectivity index (χ1) is 9.36. The highest BCUT2D eigenvalue weighted by atomic mass is 16.5. The maximum Gasteiger partial charge on any atom is 0.243 e. The van der Waals surface area contributed by atoms with Gasteiger partial charge in [0.25, 0.3) is 0 Å². The molecule has 0 aromatic carbocycles. The van der Waals surface area contributed by atoms with Gasteiger partial charge in [0, 0.05) is 6.20 Å². The Morgan fingerprint density at radius 3 is 2.89 bits per heavy atom. The van der Waals surface area contributed by atoms with Crippen LogP contribution in [0.1, 0.15) is 49.5 Å². The van der Waals surface area contributed by atoms with Gasteiger partial charge < -0.3 is 4.74 Å². The highest BCUT2D eigenvalue weighted by Crippen LogP contribution is 2.18. The Bertz CT molecular complexity index is 534. The van der Waals surface area contributed by atoms with Gasteiger partial charge in [0.15, 0.2) is 6.29 Å². The molecule has 0 fully saturated rings. The number of fused-ring (bicyclic) bond motifs is 1. The predicted octanol–water partition coefficient (Wildman–Crippen LogP) is 3.50. The van der Waals surface area contributed by atoms with Crippen LogP contribution in [0.3, 0.4) is 0 Å². The van der Waals surface area contributed by atoms with E-state index in [9.17, 15) is 4.79 Å². The molecule has 2 aromatic rings. The predicted molar refractivity (Wildman–Crippen MR) is 74.8 cm³/mol. The van der Waals surface area contributed by atoms with E-state index in [1.165, 1.54) is 19.3 Å². The van der Waals surface area contributed by atoms with Crippen LogP contribution in [-0.4, -0.2) is 22.3 Å². The third kappa shape index (κ3) is 3.34. The molecular weight excluding hydrogens is 240 g/mol. The molecule has 4 nitrogen and oxygen atoms in total. The Kier molecular flexibility index (Phi) is 4.95. The summed E-state index contributed by atoms with van der Waals surface area (Å²) in [6, 6.07) is 5.63. The van der Waals surface area contributed by atoms with Gasteiger partial charge in [0.1, 0.15) is 11.3 Å². The molecule has 19 heavy (non-hydrogen) atoms. The summed E-state index contributed by atoms with van der Waals surface area (Å²) in [7, 11) is 0. The average Bonchev–Trinajstić information content (AvgIpc) is 2.80. The van der Waals surface area contributed by atoms with Crippen LogP contribution in [0.4, 0.5) is 0 Å². The Balaban J connectivity index is 1.94. The quantitative estimate of drug-likeness (QED) is 0.539. The van der Waals surface area contributed by atoms with E-state index in [1.807, 2.05) is 24.4 Å². The van der Waals surface area contributed by atoms with Crippen LogP contribution in [0.5, 0.6) is 5.88 Å². The minimum absolute atomic E-state index is 0.441. The zero-order chi connectivity index (χ0) is 13.5. The lowest BCUT2D eigenvalue weighted by Gasteiger charge is -2.03. The number of carbonyl (C=O) groups excluding carboxylic acids is 1. The van der Waals surface area contributed by atoms with E-state index in [2.05, 4.69) is 11.9 Å². The van der Waals surface area contributed by atoms with Crippen LogP contribution in [0.2, 0.25) is 0 Å². The lowest BCUT2D eigenvalue weighted by molar-refractivity contribution is 0.111. The van der Waals surface area contributed by atoms with Crippen LogP contribution in [0, 0.1) is 0 Å². The Morgan fingerprint density at radius 2 is 2.11 bits per heavy atom. The number of hydrogen-bond acceptors (Lipinski definition) is 3. The second-order valence-electron chi connectivity index (χ2n) is 4.61. The maximum atomic E-state index is 11.1. The number of ether oxygens (including phenoxy) is 1. The van der Waals surface area contributed by atoms with Crippen LogP contribution in [-0.2, 0) is 0 Å². The lowest BCUT2D eigenvalue weighted by Crippen LogP contribution is -2.00. The molecular formula is C15H20N2O2. The molecule has 0 spiro atoms. The third-order valence-electron chi connectivity index (χ3n) is 3.13. The van der Waals surface area contributed by atoms with E-state index in [0.29, 0.717) is 18.2 Å². The van der Waals surface area contributed by atoms with Gasteiger partial charge in [-0.25, -0.2) is 0 Å². The number of imidazole rings is 1. The van der Waals surface area contributed by atoms with Crippen molar-refractivity contribution in [3.8, 4) is 5.88 Å². The standard InChI is InChI=1S/C15H20N2O2/c1-2-3-4-5-8-11-19-15-13(12-18)17-10-7-6-9-14(17)16-15/h6-7,9-10,12H,2-5,8,11H2,1H3. The van der Waals surface area contributed by atoms with Crippen LogP contribution < -0.4 is 4.74 Å². The molecule has 0 saturated carbocycles. The number of aldehydes is 1. The van der Waals surface area contributed by atoms with Gasteiger partial charge in [-0.15, -0.1) is 0 Å². The fourth-order valence-corrected chi connectivity index (χ4v) is 2.08. The Labute approximate surface area is 113 Å². The van der Waals surface area contributed by atoms with Crippen molar-refractivity contribution in [1.82, 2.24) is 9.38 Å². The number of nitrogens with zero attached hydrogens (tertiary/aromatic N) is 2. The molecule has 0 aliphatic rings. The maximum absolute atomic E-state index is 11.1. The SMILES string of the molecule is CCCCCCCOc1nc2ccccn2c1C=O. The van der Waals surface area contributed by atoms with E-state index in [0.717, 1.165) is 24.8 Å². The van der Waals surface area contributed by atoms with Gasteiger partial charge in [0.2, 0.25) is 5.88 Å². The topological polar surface area (TPSA) is 43.6 Å². The number of pyridine rings is 1. The van der Waals surface area contributed by atoms with Gasteiger partial charge in [0.05, 0.1) is 6.61 Å². The molecule has 0 atom stereocenters. The zero-order valence-electron chi connectivity index (χ0n) is 11.3. The molecule has 4 heteroatoms. The molecule has 0 radical (unpaired) electrons. The van der Waals surface area contributed by atoms with Crippen molar-refractivity contribution in [3.05, 3.63) is 30.1 Å². The number of unbranched alkanes of at least 4 members (excludes halogenated alkanes) is 4. The summed E-state index contributed by atoms with van der Waals surface area (Å²) < 4.78 is 7.38. The fourth-order valence-electron chi connectivity index (χ4n) is 2.08. The molecule has 0 aliphatic heterocycles. The van der Waals surface area contributed by atoms with Crippen molar-refractivity contribution in [2.45, 2.75) is 39.0 Å². The van der Waals surface area contributed by atoms with E-state index in [1.54, 1.807) is 4.40 Å². The molecule has 2 aromatic heterocycles. The molecule has 0 saturated heterocycles. The number of rotatable bonds is 8. The summed E-state index contributed by atoms with van der Waals surface area (Å²) in [6.45, 7) is 2.82. The third-order valence-corrected chi connectivity index (χ3v) is 3.13. The van der Waals surface area contributed by atoms with Crippen molar-refractivity contribution >= 4 is 11.9 Å². The van der Waals surface area contributed by atoms with Crippen LogP contribution in [0.25, 0.3) is 5.65 Å².